The standard InChI is InChI=1S/C15H15N3O3/c1-2-20-13-6-4-3-5-12(13)15(19)21-18-14(16)11-7-9-17-10-8-11/h3-10H,2H2,1H3,(H2,16,18)/p+1. The second-order valence-corrected chi connectivity index (χ2v) is 4.07. The van der Waals surface area contributed by atoms with Gasteiger partial charge in [-0.3, -0.25) is 0 Å². The molecule has 6 heteroatoms. The van der Waals surface area contributed by atoms with E-state index >= 15 is 0 Å². The van der Waals surface area contributed by atoms with Crippen LogP contribution in [-0.4, -0.2) is 18.4 Å². The van der Waals surface area contributed by atoms with Crippen LogP contribution in [0.5, 0.6) is 5.75 Å². The van der Waals surface area contributed by atoms with Gasteiger partial charge in [-0.05, 0) is 19.1 Å². The molecule has 0 unspecified atom stereocenters. The van der Waals surface area contributed by atoms with E-state index in [1.54, 1.807) is 48.8 Å². The van der Waals surface area contributed by atoms with Crippen LogP contribution in [0.25, 0.3) is 0 Å². The molecule has 1 heterocycles. The highest BCUT2D eigenvalue weighted by Crippen LogP contribution is 2.18. The van der Waals surface area contributed by atoms with Crippen LogP contribution in [0.15, 0.2) is 53.9 Å². The fourth-order valence-corrected chi connectivity index (χ4v) is 1.67. The lowest BCUT2D eigenvalue weighted by molar-refractivity contribution is -0.378. The summed E-state index contributed by atoms with van der Waals surface area (Å²) in [6.45, 7) is 2.29. The lowest BCUT2D eigenvalue weighted by Crippen LogP contribution is -2.16. The van der Waals surface area contributed by atoms with Gasteiger partial charge in [-0.2, -0.15) is 0 Å². The quantitative estimate of drug-likeness (QED) is 0.389. The van der Waals surface area contributed by atoms with Crippen LogP contribution >= 0.6 is 0 Å². The minimum atomic E-state index is -0.621. The number of para-hydroxylation sites is 1. The minimum absolute atomic E-state index is 0.117. The van der Waals surface area contributed by atoms with E-state index in [9.17, 15) is 4.79 Å². The molecular weight excluding hydrogens is 270 g/mol. The van der Waals surface area contributed by atoms with Gasteiger partial charge in [-0.1, -0.05) is 17.3 Å². The van der Waals surface area contributed by atoms with Gasteiger partial charge in [0.1, 0.15) is 11.3 Å². The molecule has 0 fully saturated rings. The van der Waals surface area contributed by atoms with Crippen molar-refractivity contribution in [3.8, 4) is 5.75 Å². The lowest BCUT2D eigenvalue weighted by atomic mass is 10.2. The number of nitrogens with zero attached hydrogens (tertiary/aromatic N) is 1. The molecule has 1 aromatic carbocycles. The van der Waals surface area contributed by atoms with Crippen LogP contribution in [0.3, 0.4) is 0 Å². The Morgan fingerprint density at radius 1 is 1.24 bits per heavy atom. The zero-order valence-electron chi connectivity index (χ0n) is 11.6. The molecule has 0 spiro atoms. The summed E-state index contributed by atoms with van der Waals surface area (Å²) in [7, 11) is 0. The summed E-state index contributed by atoms with van der Waals surface area (Å²) in [5.41, 5.74) is 6.70. The van der Waals surface area contributed by atoms with E-state index in [-0.39, 0.29) is 5.84 Å². The van der Waals surface area contributed by atoms with Gasteiger partial charge >= 0.3 is 5.97 Å². The molecule has 6 nitrogen and oxygen atoms in total. The molecule has 0 amide bonds. The number of carbonyl (C=O) groups excluding carboxylic acids is 1. The van der Waals surface area contributed by atoms with Gasteiger partial charge in [0.2, 0.25) is 0 Å². The average molecular weight is 286 g/mol. The van der Waals surface area contributed by atoms with E-state index in [4.69, 9.17) is 15.3 Å². The van der Waals surface area contributed by atoms with Crippen molar-refractivity contribution in [1.29, 1.82) is 0 Å². The Kier molecular flexibility index (Phi) is 4.87. The van der Waals surface area contributed by atoms with Gasteiger partial charge in [0.25, 0.3) is 0 Å². The number of benzene rings is 1. The van der Waals surface area contributed by atoms with Gasteiger partial charge in [0.05, 0.1) is 6.61 Å². The molecule has 21 heavy (non-hydrogen) atoms. The van der Waals surface area contributed by atoms with Crippen molar-refractivity contribution in [3.63, 3.8) is 0 Å². The van der Waals surface area contributed by atoms with Crippen molar-refractivity contribution in [2.24, 2.45) is 10.9 Å². The maximum absolute atomic E-state index is 12.0. The zero-order valence-corrected chi connectivity index (χ0v) is 11.6. The number of hydrogen-bond donors (Lipinski definition) is 1. The van der Waals surface area contributed by atoms with E-state index in [0.717, 1.165) is 0 Å². The Labute approximate surface area is 122 Å². The zero-order chi connectivity index (χ0) is 15.1. The van der Waals surface area contributed by atoms with Gasteiger partial charge in [0, 0.05) is 17.7 Å². The highest BCUT2D eigenvalue weighted by Gasteiger charge is 2.14. The number of rotatable bonds is 5. The molecule has 108 valence electrons. The first-order valence-corrected chi connectivity index (χ1v) is 6.45. The summed E-state index contributed by atoms with van der Waals surface area (Å²) < 4.78 is 5.36. The Hall–Kier alpha value is -2.89. The van der Waals surface area contributed by atoms with Gasteiger partial charge in [-0.25, -0.2) is 9.78 Å². The number of carbonyl (C=O) groups is 1. The fraction of sp³-hybridized carbons (Fsp3) is 0.133. The number of oxime groups is 1. The predicted molar refractivity (Wildman–Crippen MR) is 76.7 cm³/mol. The first kappa shape index (κ1) is 14.5. The molecule has 0 saturated heterocycles. The number of H-pyrrole nitrogens is 1. The molecule has 3 N–H and O–H groups in total. The Balaban J connectivity index is 2.12. The SMILES string of the molecule is CCOc1ccccc1C(=O)ON=C(N)c1cc[nH+]cc1. The van der Waals surface area contributed by atoms with Gasteiger partial charge in [0.15, 0.2) is 18.2 Å². The molecule has 0 radical (unpaired) electrons. The summed E-state index contributed by atoms with van der Waals surface area (Å²) in [5.74, 6) is -0.0520. The van der Waals surface area contributed by atoms with Crippen molar-refractivity contribution in [1.82, 2.24) is 0 Å². The van der Waals surface area contributed by atoms with E-state index in [1.807, 2.05) is 6.92 Å². The molecule has 0 bridgehead atoms. The van der Waals surface area contributed by atoms with Crippen molar-refractivity contribution in [2.75, 3.05) is 6.61 Å². The van der Waals surface area contributed by atoms with Crippen LogP contribution in [-0.2, 0) is 4.84 Å². The van der Waals surface area contributed by atoms with Crippen LogP contribution in [0.4, 0.5) is 0 Å². The largest absolute Gasteiger partial charge is 0.493 e. The number of hydrogen-bond acceptors (Lipinski definition) is 4. The van der Waals surface area contributed by atoms with Crippen LogP contribution in [0.1, 0.15) is 22.8 Å². The van der Waals surface area contributed by atoms with E-state index < -0.39 is 5.97 Å². The van der Waals surface area contributed by atoms with Crippen LogP contribution < -0.4 is 15.5 Å². The number of nitrogens with one attached hydrogen (secondary N) is 1. The smallest absolute Gasteiger partial charge is 0.369 e. The maximum atomic E-state index is 12.0. The Bertz CT molecular complexity index is 642. The molecule has 0 aliphatic carbocycles. The van der Waals surface area contributed by atoms with Gasteiger partial charge < -0.3 is 15.3 Å². The lowest BCUT2D eigenvalue weighted by Gasteiger charge is -2.07. The number of aromatic nitrogens is 1. The van der Waals surface area contributed by atoms with Crippen molar-refractivity contribution in [3.05, 3.63) is 59.9 Å². The summed E-state index contributed by atoms with van der Waals surface area (Å²) in [4.78, 5) is 19.7. The summed E-state index contributed by atoms with van der Waals surface area (Å²) in [6, 6.07) is 10.2. The third kappa shape index (κ3) is 3.79. The monoisotopic (exact) mass is 286 g/mol. The first-order chi connectivity index (χ1) is 10.2. The number of pyridine rings is 1. The minimum Gasteiger partial charge on any atom is -0.493 e. The highest BCUT2D eigenvalue weighted by atomic mass is 16.7. The predicted octanol–water partition coefficient (Wildman–Crippen LogP) is 1.38. The summed E-state index contributed by atoms with van der Waals surface area (Å²) >= 11 is 0. The molecule has 0 aliphatic rings. The number of ether oxygens (including phenoxy) is 1. The topological polar surface area (TPSA) is 88.0 Å². The van der Waals surface area contributed by atoms with Gasteiger partial charge in [-0.15, -0.1) is 0 Å². The van der Waals surface area contributed by atoms with Crippen LogP contribution in [0.2, 0.25) is 0 Å². The molecule has 0 atom stereocenters. The average Bonchev–Trinajstić information content (AvgIpc) is 2.54. The molecule has 1 aromatic heterocycles. The highest BCUT2D eigenvalue weighted by molar-refractivity contribution is 5.98. The fourth-order valence-electron chi connectivity index (χ4n) is 1.67. The number of amidine groups is 1. The second kappa shape index (κ2) is 7.04. The molecule has 0 saturated carbocycles. The molecular formula is C15H16N3O3+. The molecule has 2 aromatic rings. The van der Waals surface area contributed by atoms with Crippen LogP contribution in [0, 0.1) is 0 Å². The van der Waals surface area contributed by atoms with Crippen molar-refractivity contribution >= 4 is 11.8 Å². The maximum Gasteiger partial charge on any atom is 0.369 e. The summed E-state index contributed by atoms with van der Waals surface area (Å²) in [6.07, 6.45) is 3.40. The van der Waals surface area contributed by atoms with E-state index in [0.29, 0.717) is 23.5 Å². The number of nitrogens with two attached hydrogens (primary N) is 1. The first-order valence-electron chi connectivity index (χ1n) is 6.45. The van der Waals surface area contributed by atoms with E-state index in [2.05, 4.69) is 10.1 Å². The third-order valence-corrected chi connectivity index (χ3v) is 2.65. The number of aromatic amines is 1. The summed E-state index contributed by atoms with van der Waals surface area (Å²) in [5, 5.41) is 3.65. The Morgan fingerprint density at radius 2 is 1.95 bits per heavy atom. The van der Waals surface area contributed by atoms with E-state index in [1.165, 1.54) is 0 Å². The normalized spacial score (nSPS) is 11.0. The van der Waals surface area contributed by atoms with Crippen molar-refractivity contribution < 1.29 is 19.4 Å². The molecule has 2 rings (SSSR count). The van der Waals surface area contributed by atoms with Crippen molar-refractivity contribution in [2.45, 2.75) is 6.92 Å². The second-order valence-electron chi connectivity index (χ2n) is 4.07. The molecule has 0 aliphatic heterocycles. The third-order valence-electron chi connectivity index (χ3n) is 2.65. The Morgan fingerprint density at radius 3 is 2.67 bits per heavy atom.